The van der Waals surface area contributed by atoms with Gasteiger partial charge in [0.15, 0.2) is 0 Å². The lowest BCUT2D eigenvalue weighted by atomic mass is 10.1. The number of hydrogen-bond acceptors (Lipinski definition) is 1. The fraction of sp³-hybridized carbons (Fsp3) is 1.00. The summed E-state index contributed by atoms with van der Waals surface area (Å²) in [5.74, 6) is 0. The van der Waals surface area contributed by atoms with E-state index in [1.165, 1.54) is 57.9 Å². The highest BCUT2D eigenvalue weighted by Crippen LogP contribution is 2.10. The molecule has 0 fully saturated rings. The van der Waals surface area contributed by atoms with Crippen molar-refractivity contribution in [2.45, 2.75) is 58.3 Å². The molecule has 104 valence electrons. The van der Waals surface area contributed by atoms with Crippen LogP contribution in [0.5, 0.6) is 0 Å². The third-order valence-electron chi connectivity index (χ3n) is 3.52. The summed E-state index contributed by atoms with van der Waals surface area (Å²) >= 11 is 0. The van der Waals surface area contributed by atoms with E-state index in [1.54, 1.807) is 7.11 Å². The van der Waals surface area contributed by atoms with E-state index in [4.69, 9.17) is 4.74 Å². The molecule has 0 aromatic carbocycles. The molecule has 0 unspecified atom stereocenters. The molecule has 0 aromatic heterocycles. The quantitative estimate of drug-likeness (QED) is 0.374. The number of hydrogen-bond donors (Lipinski definition) is 0. The van der Waals surface area contributed by atoms with Crippen molar-refractivity contribution in [3.8, 4) is 0 Å². The lowest BCUT2D eigenvalue weighted by molar-refractivity contribution is -0.890. The lowest BCUT2D eigenvalue weighted by Gasteiger charge is -2.29. The van der Waals surface area contributed by atoms with E-state index in [9.17, 15) is 0 Å². The highest BCUT2D eigenvalue weighted by Gasteiger charge is 2.13. The van der Waals surface area contributed by atoms with Crippen LogP contribution in [0.25, 0.3) is 0 Å². The van der Waals surface area contributed by atoms with Crippen LogP contribution in [-0.2, 0) is 4.74 Å². The molecule has 0 rings (SSSR count). The molecule has 17 heavy (non-hydrogen) atoms. The highest BCUT2D eigenvalue weighted by atomic mass is 16.5. The third-order valence-corrected chi connectivity index (χ3v) is 3.52. The number of ether oxygens (including phenoxy) is 1. The summed E-state index contributed by atoms with van der Waals surface area (Å²) in [4.78, 5) is 0. The third kappa shape index (κ3) is 12.2. The molecular weight excluding hydrogens is 210 g/mol. The number of likely N-dealkylation sites (N-methyl/N-ethyl adjacent to an activating group) is 1. The summed E-state index contributed by atoms with van der Waals surface area (Å²) in [6.07, 6.45) is 11.3. The predicted octanol–water partition coefficient (Wildman–Crippen LogP) is 3.85. The monoisotopic (exact) mass is 244 g/mol. The van der Waals surface area contributed by atoms with Gasteiger partial charge in [0.2, 0.25) is 0 Å². The molecule has 0 bridgehead atoms. The van der Waals surface area contributed by atoms with Gasteiger partial charge in [-0.25, -0.2) is 0 Å². The van der Waals surface area contributed by atoms with Gasteiger partial charge >= 0.3 is 0 Å². The van der Waals surface area contributed by atoms with Crippen LogP contribution in [0.15, 0.2) is 0 Å². The van der Waals surface area contributed by atoms with E-state index < -0.39 is 0 Å². The molecule has 0 saturated heterocycles. The number of rotatable bonds is 12. The minimum Gasteiger partial charge on any atom is -0.379 e. The minimum atomic E-state index is 0.879. The van der Waals surface area contributed by atoms with Gasteiger partial charge in [-0.1, -0.05) is 45.4 Å². The van der Waals surface area contributed by atoms with Crippen LogP contribution in [0.3, 0.4) is 0 Å². The molecule has 0 aliphatic carbocycles. The smallest absolute Gasteiger partial charge is 0.102 e. The van der Waals surface area contributed by atoms with E-state index in [-0.39, 0.29) is 0 Å². The summed E-state index contributed by atoms with van der Waals surface area (Å²) in [5, 5.41) is 0. The number of methoxy groups -OCH3 is 1. The summed E-state index contributed by atoms with van der Waals surface area (Å²) in [7, 11) is 6.40. The molecule has 0 amide bonds. The molecule has 0 radical (unpaired) electrons. The van der Waals surface area contributed by atoms with Crippen LogP contribution in [-0.4, -0.2) is 45.4 Å². The summed E-state index contributed by atoms with van der Waals surface area (Å²) in [5.41, 5.74) is 0. The van der Waals surface area contributed by atoms with Gasteiger partial charge < -0.3 is 9.22 Å². The molecule has 0 N–H and O–H groups in total. The first-order valence-electron chi connectivity index (χ1n) is 7.43. The Morgan fingerprint density at radius 1 is 0.765 bits per heavy atom. The van der Waals surface area contributed by atoms with Crippen LogP contribution in [0.4, 0.5) is 0 Å². The topological polar surface area (TPSA) is 9.23 Å². The molecule has 0 saturated carbocycles. The first-order chi connectivity index (χ1) is 8.12. The Balaban J connectivity index is 3.26. The Bertz CT molecular complexity index is 157. The van der Waals surface area contributed by atoms with Gasteiger partial charge in [0.25, 0.3) is 0 Å². The summed E-state index contributed by atoms with van der Waals surface area (Å²) < 4.78 is 6.25. The molecule has 2 nitrogen and oxygen atoms in total. The predicted molar refractivity (Wildman–Crippen MR) is 76.3 cm³/mol. The number of quaternary nitrogens is 1. The lowest BCUT2D eigenvalue weighted by Crippen LogP contribution is -2.42. The van der Waals surface area contributed by atoms with Crippen molar-refractivity contribution in [2.24, 2.45) is 0 Å². The van der Waals surface area contributed by atoms with Crippen LogP contribution in [0.1, 0.15) is 58.3 Å². The largest absolute Gasteiger partial charge is 0.379 e. The SMILES string of the molecule is CCCCCCCCCC[N+](C)(C)CCOC. The van der Waals surface area contributed by atoms with Crippen LogP contribution in [0.2, 0.25) is 0 Å². The van der Waals surface area contributed by atoms with Crippen molar-refractivity contribution in [1.82, 2.24) is 0 Å². The molecule has 0 spiro atoms. The maximum Gasteiger partial charge on any atom is 0.102 e. The first-order valence-corrected chi connectivity index (χ1v) is 7.43. The average Bonchev–Trinajstić information content (AvgIpc) is 2.30. The molecule has 0 atom stereocenters. The van der Waals surface area contributed by atoms with Gasteiger partial charge in [-0.2, -0.15) is 0 Å². The summed E-state index contributed by atoms with van der Waals surface area (Å²) in [6, 6.07) is 0. The van der Waals surface area contributed by atoms with Crippen LogP contribution < -0.4 is 0 Å². The molecule has 2 heteroatoms. The van der Waals surface area contributed by atoms with Gasteiger partial charge in [-0.05, 0) is 12.8 Å². The van der Waals surface area contributed by atoms with Gasteiger partial charge in [-0.15, -0.1) is 0 Å². The Kier molecular flexibility index (Phi) is 11.0. The number of nitrogens with zero attached hydrogens (tertiary/aromatic N) is 1. The van der Waals surface area contributed by atoms with Crippen molar-refractivity contribution in [2.75, 3.05) is 40.9 Å². The normalized spacial score (nSPS) is 12.0. The second-order valence-corrected chi connectivity index (χ2v) is 5.85. The zero-order valence-electron chi connectivity index (χ0n) is 12.6. The fourth-order valence-corrected chi connectivity index (χ4v) is 2.12. The Labute approximate surface area is 109 Å². The second-order valence-electron chi connectivity index (χ2n) is 5.85. The standard InChI is InChI=1S/C15H34NO/c1-5-6-7-8-9-10-11-12-13-16(2,3)14-15-17-4/h5-15H2,1-4H3/q+1. The molecule has 0 aliphatic rings. The van der Waals surface area contributed by atoms with Crippen molar-refractivity contribution in [1.29, 1.82) is 0 Å². The van der Waals surface area contributed by atoms with E-state index in [2.05, 4.69) is 21.0 Å². The molecule has 0 heterocycles. The van der Waals surface area contributed by atoms with Gasteiger partial charge in [0.05, 0.1) is 27.2 Å². The van der Waals surface area contributed by atoms with Crippen molar-refractivity contribution in [3.05, 3.63) is 0 Å². The second kappa shape index (κ2) is 11.0. The van der Waals surface area contributed by atoms with E-state index in [0.717, 1.165) is 17.6 Å². The average molecular weight is 244 g/mol. The van der Waals surface area contributed by atoms with Crippen molar-refractivity contribution >= 4 is 0 Å². The van der Waals surface area contributed by atoms with E-state index >= 15 is 0 Å². The Hall–Kier alpha value is -0.0800. The maximum absolute atomic E-state index is 5.14. The first kappa shape index (κ1) is 16.9. The van der Waals surface area contributed by atoms with Crippen molar-refractivity contribution < 1.29 is 9.22 Å². The zero-order chi connectivity index (χ0) is 13.0. The van der Waals surface area contributed by atoms with Crippen LogP contribution >= 0.6 is 0 Å². The molecule has 0 aliphatic heterocycles. The van der Waals surface area contributed by atoms with Crippen molar-refractivity contribution in [3.63, 3.8) is 0 Å². The minimum absolute atomic E-state index is 0.879. The van der Waals surface area contributed by atoms with Gasteiger partial charge in [0, 0.05) is 7.11 Å². The van der Waals surface area contributed by atoms with Gasteiger partial charge in [-0.3, -0.25) is 0 Å². The Morgan fingerprint density at radius 3 is 1.82 bits per heavy atom. The van der Waals surface area contributed by atoms with Gasteiger partial charge in [0.1, 0.15) is 6.54 Å². The molecular formula is C15H34NO+. The van der Waals surface area contributed by atoms with E-state index in [1.807, 2.05) is 0 Å². The summed E-state index contributed by atoms with van der Waals surface area (Å²) in [6.45, 7) is 5.58. The van der Waals surface area contributed by atoms with E-state index in [0.29, 0.717) is 0 Å². The maximum atomic E-state index is 5.14. The number of unbranched alkanes of at least 4 members (excludes halogenated alkanes) is 7. The highest BCUT2D eigenvalue weighted by molar-refractivity contribution is 4.46. The van der Waals surface area contributed by atoms with Crippen LogP contribution in [0, 0.1) is 0 Å². The zero-order valence-corrected chi connectivity index (χ0v) is 12.6. The Morgan fingerprint density at radius 2 is 1.29 bits per heavy atom. The fourth-order valence-electron chi connectivity index (χ4n) is 2.12. The molecule has 0 aromatic rings.